The van der Waals surface area contributed by atoms with Crippen LogP contribution in [0.1, 0.15) is 34.7 Å². The van der Waals surface area contributed by atoms with Crippen LogP contribution >= 0.6 is 11.8 Å². The zero-order valence-corrected chi connectivity index (χ0v) is 18.8. The number of rotatable bonds is 11. The number of aromatic nitrogens is 3. The van der Waals surface area contributed by atoms with Gasteiger partial charge in [-0.25, -0.2) is 0 Å². The van der Waals surface area contributed by atoms with Crippen molar-refractivity contribution in [3.05, 3.63) is 90.3 Å². The van der Waals surface area contributed by atoms with Crippen molar-refractivity contribution in [2.24, 2.45) is 0 Å². The van der Waals surface area contributed by atoms with Crippen LogP contribution in [0.3, 0.4) is 0 Å². The minimum atomic E-state index is -0.357. The van der Waals surface area contributed by atoms with E-state index in [-0.39, 0.29) is 23.6 Å². The van der Waals surface area contributed by atoms with Gasteiger partial charge in [0.2, 0.25) is 5.91 Å². The molecular weight excluding hydrogens is 422 g/mol. The first kappa shape index (κ1) is 23.3. The molecule has 166 valence electrons. The van der Waals surface area contributed by atoms with Crippen molar-refractivity contribution in [3.8, 4) is 0 Å². The van der Waals surface area contributed by atoms with Gasteiger partial charge < -0.3 is 15.2 Å². The highest BCUT2D eigenvalue weighted by Crippen LogP contribution is 2.21. The van der Waals surface area contributed by atoms with Crippen LogP contribution in [0.15, 0.2) is 78.5 Å². The fourth-order valence-electron chi connectivity index (χ4n) is 3.13. The Balaban J connectivity index is 1.55. The summed E-state index contributed by atoms with van der Waals surface area (Å²) >= 11 is 1.31. The number of benzene rings is 2. The molecule has 2 amide bonds. The van der Waals surface area contributed by atoms with Crippen LogP contribution in [0.2, 0.25) is 0 Å². The van der Waals surface area contributed by atoms with Crippen LogP contribution in [-0.4, -0.2) is 38.9 Å². The standard InChI is InChI=1S/C24H27N5O2S/c1-3-16-29-22(18(2)26-23(31)20-12-8-5-9-13-20)27-28-24(29)32-17-21(30)25-15-14-19-10-6-4-7-11-19/h3-13,18H,1,14-17H2,2H3,(H,25,30)(H,26,31). The fourth-order valence-corrected chi connectivity index (χ4v) is 3.92. The third-order valence-electron chi connectivity index (χ3n) is 4.74. The first-order chi connectivity index (χ1) is 15.6. The normalized spacial score (nSPS) is 11.5. The number of nitrogens with zero attached hydrogens (tertiary/aromatic N) is 3. The van der Waals surface area contributed by atoms with E-state index in [1.807, 2.05) is 60.0 Å². The predicted octanol–water partition coefficient (Wildman–Crippen LogP) is 3.41. The zero-order valence-electron chi connectivity index (χ0n) is 18.0. The van der Waals surface area contributed by atoms with E-state index >= 15 is 0 Å². The van der Waals surface area contributed by atoms with Crippen molar-refractivity contribution in [2.45, 2.75) is 31.1 Å². The second-order valence-corrected chi connectivity index (χ2v) is 8.12. The number of amides is 2. The van der Waals surface area contributed by atoms with E-state index in [0.29, 0.717) is 29.6 Å². The molecule has 1 heterocycles. The summed E-state index contributed by atoms with van der Waals surface area (Å²) in [7, 11) is 0. The van der Waals surface area contributed by atoms with E-state index in [4.69, 9.17) is 0 Å². The van der Waals surface area contributed by atoms with Crippen molar-refractivity contribution in [3.63, 3.8) is 0 Å². The van der Waals surface area contributed by atoms with Crippen LogP contribution in [-0.2, 0) is 17.8 Å². The third kappa shape index (κ3) is 6.55. The molecule has 2 N–H and O–H groups in total. The van der Waals surface area contributed by atoms with Crippen LogP contribution in [0.4, 0.5) is 0 Å². The second kappa shape index (κ2) is 11.9. The number of allylic oxidation sites excluding steroid dienone is 1. The number of thioether (sulfide) groups is 1. The molecular formula is C24H27N5O2S. The van der Waals surface area contributed by atoms with Gasteiger partial charge in [0, 0.05) is 18.7 Å². The molecule has 0 aliphatic heterocycles. The maximum Gasteiger partial charge on any atom is 0.251 e. The molecule has 0 radical (unpaired) electrons. The molecule has 8 heteroatoms. The Morgan fingerprint density at radius 2 is 1.78 bits per heavy atom. The molecule has 0 spiro atoms. The van der Waals surface area contributed by atoms with Gasteiger partial charge in [-0.2, -0.15) is 0 Å². The van der Waals surface area contributed by atoms with Crippen molar-refractivity contribution >= 4 is 23.6 Å². The average Bonchev–Trinajstić information content (AvgIpc) is 3.22. The lowest BCUT2D eigenvalue weighted by Gasteiger charge is -2.15. The quantitative estimate of drug-likeness (QED) is 0.346. The Morgan fingerprint density at radius 3 is 2.47 bits per heavy atom. The van der Waals surface area contributed by atoms with E-state index in [1.54, 1.807) is 18.2 Å². The van der Waals surface area contributed by atoms with E-state index in [0.717, 1.165) is 6.42 Å². The molecule has 7 nitrogen and oxygen atoms in total. The summed E-state index contributed by atoms with van der Waals surface area (Å²) in [4.78, 5) is 24.7. The number of carbonyl (C=O) groups is 2. The number of hydrogen-bond donors (Lipinski definition) is 2. The van der Waals surface area contributed by atoms with E-state index in [9.17, 15) is 9.59 Å². The van der Waals surface area contributed by atoms with Gasteiger partial charge in [0.1, 0.15) is 0 Å². The summed E-state index contributed by atoms with van der Waals surface area (Å²) in [5.41, 5.74) is 1.76. The van der Waals surface area contributed by atoms with Crippen LogP contribution in [0, 0.1) is 0 Å². The smallest absolute Gasteiger partial charge is 0.251 e. The molecule has 0 fully saturated rings. The van der Waals surface area contributed by atoms with Crippen LogP contribution in [0.25, 0.3) is 0 Å². The van der Waals surface area contributed by atoms with Crippen molar-refractivity contribution in [1.29, 1.82) is 0 Å². The first-order valence-corrected chi connectivity index (χ1v) is 11.4. The van der Waals surface area contributed by atoms with Gasteiger partial charge in [-0.3, -0.25) is 9.59 Å². The maximum atomic E-state index is 12.5. The first-order valence-electron chi connectivity index (χ1n) is 10.4. The summed E-state index contributed by atoms with van der Waals surface area (Å²) in [6.07, 6.45) is 2.52. The highest BCUT2D eigenvalue weighted by atomic mass is 32.2. The second-order valence-electron chi connectivity index (χ2n) is 7.18. The lowest BCUT2D eigenvalue weighted by molar-refractivity contribution is -0.118. The van der Waals surface area contributed by atoms with Crippen molar-refractivity contribution in [1.82, 2.24) is 25.4 Å². The topological polar surface area (TPSA) is 88.9 Å². The molecule has 1 unspecified atom stereocenters. The van der Waals surface area contributed by atoms with Crippen molar-refractivity contribution in [2.75, 3.05) is 12.3 Å². The minimum absolute atomic E-state index is 0.0638. The highest BCUT2D eigenvalue weighted by Gasteiger charge is 2.20. The van der Waals surface area contributed by atoms with Gasteiger partial charge in [-0.1, -0.05) is 66.4 Å². The lowest BCUT2D eigenvalue weighted by Crippen LogP contribution is -2.29. The maximum absolute atomic E-state index is 12.5. The summed E-state index contributed by atoms with van der Waals surface area (Å²) in [6, 6.07) is 18.7. The van der Waals surface area contributed by atoms with Gasteiger partial charge in [0.05, 0.1) is 11.8 Å². The Labute approximate surface area is 192 Å². The Morgan fingerprint density at radius 1 is 1.09 bits per heavy atom. The molecule has 0 aliphatic rings. The van der Waals surface area contributed by atoms with E-state index < -0.39 is 0 Å². The van der Waals surface area contributed by atoms with Crippen molar-refractivity contribution < 1.29 is 9.59 Å². The molecule has 0 bridgehead atoms. The summed E-state index contributed by atoms with van der Waals surface area (Å²) in [6.45, 7) is 6.71. The molecule has 0 aliphatic carbocycles. The van der Waals surface area contributed by atoms with Gasteiger partial charge in [0.15, 0.2) is 11.0 Å². The Hall–Kier alpha value is -3.39. The lowest BCUT2D eigenvalue weighted by atomic mass is 10.1. The molecule has 1 aromatic heterocycles. The number of hydrogen-bond acceptors (Lipinski definition) is 5. The summed E-state index contributed by atoms with van der Waals surface area (Å²) in [5.74, 6) is 0.597. The summed E-state index contributed by atoms with van der Waals surface area (Å²) in [5, 5.41) is 15.0. The fraction of sp³-hybridized carbons (Fsp3) is 0.250. The Bertz CT molecular complexity index is 1040. The molecule has 3 rings (SSSR count). The molecule has 32 heavy (non-hydrogen) atoms. The molecule has 3 aromatic rings. The number of nitrogens with one attached hydrogen (secondary N) is 2. The molecule has 2 aromatic carbocycles. The largest absolute Gasteiger partial charge is 0.355 e. The number of carbonyl (C=O) groups excluding carboxylic acids is 2. The minimum Gasteiger partial charge on any atom is -0.355 e. The predicted molar refractivity (Wildman–Crippen MR) is 126 cm³/mol. The third-order valence-corrected chi connectivity index (χ3v) is 5.71. The Kier molecular flexibility index (Phi) is 8.62. The average molecular weight is 450 g/mol. The van der Waals surface area contributed by atoms with E-state index in [1.165, 1.54) is 17.3 Å². The molecule has 0 saturated heterocycles. The van der Waals surface area contributed by atoms with Gasteiger partial charge in [-0.15, -0.1) is 16.8 Å². The molecule has 0 saturated carbocycles. The van der Waals surface area contributed by atoms with Gasteiger partial charge >= 0.3 is 0 Å². The zero-order chi connectivity index (χ0) is 22.8. The monoisotopic (exact) mass is 449 g/mol. The molecule has 1 atom stereocenters. The highest BCUT2D eigenvalue weighted by molar-refractivity contribution is 7.99. The van der Waals surface area contributed by atoms with Gasteiger partial charge in [-0.05, 0) is 31.0 Å². The SMILES string of the molecule is C=CCn1c(SCC(=O)NCCc2ccccc2)nnc1C(C)NC(=O)c1ccccc1. The summed E-state index contributed by atoms with van der Waals surface area (Å²) < 4.78 is 1.87. The van der Waals surface area contributed by atoms with E-state index in [2.05, 4.69) is 27.4 Å². The van der Waals surface area contributed by atoms with Gasteiger partial charge in [0.25, 0.3) is 5.91 Å². The van der Waals surface area contributed by atoms with Crippen LogP contribution in [0.5, 0.6) is 0 Å². The van der Waals surface area contributed by atoms with Crippen LogP contribution < -0.4 is 10.6 Å².